The van der Waals surface area contributed by atoms with Crippen molar-refractivity contribution in [3.05, 3.63) is 78.1 Å². The van der Waals surface area contributed by atoms with Crippen LogP contribution in [-0.2, 0) is 13.1 Å². The highest BCUT2D eigenvalue weighted by Crippen LogP contribution is 2.13. The van der Waals surface area contributed by atoms with Crippen LogP contribution >= 0.6 is 0 Å². The van der Waals surface area contributed by atoms with Crippen LogP contribution in [0.15, 0.2) is 66.7 Å². The second-order valence-corrected chi connectivity index (χ2v) is 5.57. The third-order valence-electron chi connectivity index (χ3n) is 3.63. The van der Waals surface area contributed by atoms with Crippen molar-refractivity contribution in [3.8, 4) is 0 Å². The molecule has 3 rings (SSSR count). The molecule has 1 heterocycles. The monoisotopic (exact) mass is 319 g/mol. The molecule has 0 aliphatic heterocycles. The molecule has 0 aliphatic carbocycles. The minimum atomic E-state index is 0.666. The lowest BCUT2D eigenvalue weighted by Gasteiger charge is -2.09. The Hall–Kier alpha value is -3.21. The van der Waals surface area contributed by atoms with Gasteiger partial charge in [-0.25, -0.2) is 0 Å². The molecule has 3 aromatic rings. The summed E-state index contributed by atoms with van der Waals surface area (Å²) < 4.78 is 0. The molecular formula is C19H21N5. The van der Waals surface area contributed by atoms with Crippen molar-refractivity contribution < 1.29 is 0 Å². The summed E-state index contributed by atoms with van der Waals surface area (Å²) in [6.45, 7) is 1.33. The van der Waals surface area contributed by atoms with E-state index in [0.717, 1.165) is 34.1 Å². The van der Waals surface area contributed by atoms with Crippen molar-refractivity contribution in [2.24, 2.45) is 0 Å². The lowest BCUT2D eigenvalue weighted by molar-refractivity contribution is 0.966. The van der Waals surface area contributed by atoms with Crippen LogP contribution in [0.1, 0.15) is 11.4 Å². The van der Waals surface area contributed by atoms with E-state index in [9.17, 15) is 0 Å². The number of benzene rings is 2. The normalized spacial score (nSPS) is 10.3. The molecule has 0 saturated carbocycles. The van der Waals surface area contributed by atoms with Crippen LogP contribution < -0.4 is 22.1 Å². The van der Waals surface area contributed by atoms with E-state index in [4.69, 9.17) is 11.5 Å². The number of nitrogens with one attached hydrogen (secondary N) is 2. The van der Waals surface area contributed by atoms with Crippen LogP contribution in [0.5, 0.6) is 0 Å². The Labute approximate surface area is 141 Å². The summed E-state index contributed by atoms with van der Waals surface area (Å²) in [5.74, 6) is 0. The van der Waals surface area contributed by atoms with Gasteiger partial charge in [-0.1, -0.05) is 6.07 Å². The zero-order valence-electron chi connectivity index (χ0n) is 13.4. The van der Waals surface area contributed by atoms with E-state index < -0.39 is 0 Å². The maximum Gasteiger partial charge on any atom is 0.0598 e. The molecule has 0 bridgehead atoms. The minimum absolute atomic E-state index is 0.666. The van der Waals surface area contributed by atoms with Crippen LogP contribution in [-0.4, -0.2) is 4.98 Å². The largest absolute Gasteiger partial charge is 0.399 e. The highest BCUT2D eigenvalue weighted by Gasteiger charge is 2.00. The summed E-state index contributed by atoms with van der Waals surface area (Å²) in [4.78, 5) is 4.66. The average molecular weight is 319 g/mol. The van der Waals surface area contributed by atoms with E-state index in [1.807, 2.05) is 66.7 Å². The first-order chi connectivity index (χ1) is 11.7. The van der Waals surface area contributed by atoms with Crippen LogP contribution in [0.2, 0.25) is 0 Å². The Balaban J connectivity index is 1.57. The number of hydrogen-bond donors (Lipinski definition) is 4. The highest BCUT2D eigenvalue weighted by molar-refractivity contribution is 5.52. The van der Waals surface area contributed by atoms with Gasteiger partial charge < -0.3 is 22.1 Å². The molecule has 2 aromatic carbocycles. The number of aromatic nitrogens is 1. The van der Waals surface area contributed by atoms with Gasteiger partial charge in [-0.2, -0.15) is 0 Å². The number of hydrogen-bond acceptors (Lipinski definition) is 5. The first-order valence-corrected chi connectivity index (χ1v) is 7.83. The van der Waals surface area contributed by atoms with Crippen molar-refractivity contribution >= 4 is 22.7 Å². The van der Waals surface area contributed by atoms with E-state index >= 15 is 0 Å². The lowest BCUT2D eigenvalue weighted by atomic mass is 10.2. The zero-order valence-corrected chi connectivity index (χ0v) is 13.4. The molecule has 0 aliphatic rings. The van der Waals surface area contributed by atoms with Gasteiger partial charge in [-0.3, -0.25) is 4.98 Å². The van der Waals surface area contributed by atoms with Crippen LogP contribution in [0, 0.1) is 0 Å². The van der Waals surface area contributed by atoms with Gasteiger partial charge in [-0.05, 0) is 60.7 Å². The van der Waals surface area contributed by atoms with Crippen molar-refractivity contribution in [1.82, 2.24) is 4.98 Å². The van der Waals surface area contributed by atoms with Gasteiger partial charge in [0, 0.05) is 22.7 Å². The summed E-state index contributed by atoms with van der Waals surface area (Å²) >= 11 is 0. The predicted octanol–water partition coefficient (Wildman–Crippen LogP) is 3.47. The van der Waals surface area contributed by atoms with Crippen LogP contribution in [0.3, 0.4) is 0 Å². The Kier molecular flexibility index (Phi) is 4.81. The quantitative estimate of drug-likeness (QED) is 0.522. The number of rotatable bonds is 6. The molecule has 0 unspecified atom stereocenters. The summed E-state index contributed by atoms with van der Waals surface area (Å²) in [5.41, 5.74) is 16.9. The molecule has 0 saturated heterocycles. The maximum atomic E-state index is 5.69. The molecule has 122 valence electrons. The summed E-state index contributed by atoms with van der Waals surface area (Å²) in [6.07, 6.45) is 0. The topological polar surface area (TPSA) is 89.0 Å². The fourth-order valence-electron chi connectivity index (χ4n) is 2.31. The van der Waals surface area contributed by atoms with Gasteiger partial charge in [0.25, 0.3) is 0 Å². The molecule has 1 aromatic heterocycles. The first kappa shape index (κ1) is 15.7. The molecule has 5 heteroatoms. The van der Waals surface area contributed by atoms with Gasteiger partial charge >= 0.3 is 0 Å². The Morgan fingerprint density at radius 2 is 1.04 bits per heavy atom. The maximum absolute atomic E-state index is 5.69. The molecule has 0 atom stereocenters. The summed E-state index contributed by atoms with van der Waals surface area (Å²) in [6, 6.07) is 21.4. The number of nitrogen functional groups attached to an aromatic ring is 2. The summed E-state index contributed by atoms with van der Waals surface area (Å²) in [7, 11) is 0. The summed E-state index contributed by atoms with van der Waals surface area (Å²) in [5, 5.41) is 6.69. The van der Waals surface area contributed by atoms with E-state index in [-0.39, 0.29) is 0 Å². The van der Waals surface area contributed by atoms with E-state index in [1.165, 1.54) is 0 Å². The molecule has 6 N–H and O–H groups in total. The third-order valence-corrected chi connectivity index (χ3v) is 3.63. The smallest absolute Gasteiger partial charge is 0.0598 e. The zero-order chi connectivity index (χ0) is 16.8. The number of pyridine rings is 1. The number of anilines is 4. The Morgan fingerprint density at radius 3 is 1.46 bits per heavy atom. The van der Waals surface area contributed by atoms with Crippen molar-refractivity contribution in [2.45, 2.75) is 13.1 Å². The van der Waals surface area contributed by atoms with E-state index in [2.05, 4.69) is 15.6 Å². The van der Waals surface area contributed by atoms with Gasteiger partial charge in [0.1, 0.15) is 0 Å². The average Bonchev–Trinajstić information content (AvgIpc) is 2.61. The third kappa shape index (κ3) is 4.39. The van der Waals surface area contributed by atoms with Crippen LogP contribution in [0.4, 0.5) is 22.7 Å². The fraction of sp³-hybridized carbons (Fsp3) is 0.105. The predicted molar refractivity (Wildman–Crippen MR) is 101 cm³/mol. The first-order valence-electron chi connectivity index (χ1n) is 7.83. The molecular weight excluding hydrogens is 298 g/mol. The molecule has 24 heavy (non-hydrogen) atoms. The van der Waals surface area contributed by atoms with Gasteiger partial charge in [0.2, 0.25) is 0 Å². The second kappa shape index (κ2) is 7.37. The molecule has 0 fully saturated rings. The molecule has 0 radical (unpaired) electrons. The highest BCUT2D eigenvalue weighted by atomic mass is 14.9. The lowest BCUT2D eigenvalue weighted by Crippen LogP contribution is -2.06. The number of nitrogens with two attached hydrogens (primary N) is 2. The van der Waals surface area contributed by atoms with E-state index in [0.29, 0.717) is 13.1 Å². The fourth-order valence-corrected chi connectivity index (χ4v) is 2.31. The van der Waals surface area contributed by atoms with Crippen molar-refractivity contribution in [3.63, 3.8) is 0 Å². The Morgan fingerprint density at radius 1 is 0.625 bits per heavy atom. The van der Waals surface area contributed by atoms with Gasteiger partial charge in [0.05, 0.1) is 24.5 Å². The van der Waals surface area contributed by atoms with Crippen molar-refractivity contribution in [1.29, 1.82) is 0 Å². The minimum Gasteiger partial charge on any atom is -0.399 e. The molecule has 0 spiro atoms. The van der Waals surface area contributed by atoms with E-state index in [1.54, 1.807) is 0 Å². The van der Waals surface area contributed by atoms with Gasteiger partial charge in [-0.15, -0.1) is 0 Å². The molecule has 0 amide bonds. The van der Waals surface area contributed by atoms with Crippen molar-refractivity contribution in [2.75, 3.05) is 22.1 Å². The second-order valence-electron chi connectivity index (χ2n) is 5.57. The Bertz CT molecular complexity index is 717. The molecule has 5 nitrogen and oxygen atoms in total. The van der Waals surface area contributed by atoms with Gasteiger partial charge in [0.15, 0.2) is 0 Å². The SMILES string of the molecule is Nc1ccc(NCc2cccc(CNc3ccc(N)cc3)n2)cc1. The standard InChI is InChI=1S/C19H21N5/c20-14-4-8-16(9-5-14)22-12-18-2-1-3-19(24-18)13-23-17-10-6-15(21)7-11-17/h1-11,22-23H,12-13,20-21H2. The number of nitrogens with zero attached hydrogens (tertiary/aromatic N) is 1. The van der Waals surface area contributed by atoms with Crippen LogP contribution in [0.25, 0.3) is 0 Å².